The largest absolute Gasteiger partial charge is 0.465 e. The zero-order valence-corrected chi connectivity index (χ0v) is 10.4. The van der Waals surface area contributed by atoms with Crippen molar-refractivity contribution >= 4 is 23.5 Å². The van der Waals surface area contributed by atoms with Crippen LogP contribution in [0.3, 0.4) is 0 Å². The van der Waals surface area contributed by atoms with Gasteiger partial charge in [0, 0.05) is 0 Å². The van der Waals surface area contributed by atoms with Gasteiger partial charge in [0.2, 0.25) is 0 Å². The molecule has 1 aromatic rings. The number of hydrogen-bond donors (Lipinski definition) is 0. The summed E-state index contributed by atoms with van der Waals surface area (Å²) < 4.78 is 4.97. The van der Waals surface area contributed by atoms with Gasteiger partial charge in [-0.3, -0.25) is 9.59 Å². The average Bonchev–Trinajstić information content (AvgIpc) is 2.73. The van der Waals surface area contributed by atoms with Gasteiger partial charge in [0.1, 0.15) is 5.92 Å². The van der Waals surface area contributed by atoms with Gasteiger partial charge in [0.15, 0.2) is 5.78 Å². The van der Waals surface area contributed by atoms with Gasteiger partial charge in [0.05, 0.1) is 17.6 Å². The number of esters is 1. The minimum Gasteiger partial charge on any atom is -0.465 e. The van der Waals surface area contributed by atoms with Gasteiger partial charge in [-0.1, -0.05) is 30.3 Å². The minimum atomic E-state index is -0.637. The molecule has 0 saturated carbocycles. The fourth-order valence-corrected chi connectivity index (χ4v) is 3.27. The van der Waals surface area contributed by atoms with Crippen LogP contribution in [0.1, 0.15) is 17.7 Å². The van der Waals surface area contributed by atoms with Crippen LogP contribution in [-0.4, -0.2) is 24.1 Å². The van der Waals surface area contributed by atoms with Crippen LogP contribution in [-0.2, 0) is 14.3 Å². The molecule has 1 aliphatic heterocycles. The van der Waals surface area contributed by atoms with E-state index in [9.17, 15) is 9.59 Å². The second-order valence-corrected chi connectivity index (χ2v) is 4.97. The van der Waals surface area contributed by atoms with E-state index in [2.05, 4.69) is 0 Å². The van der Waals surface area contributed by atoms with E-state index in [1.807, 2.05) is 30.3 Å². The van der Waals surface area contributed by atoms with E-state index in [-0.39, 0.29) is 11.0 Å². The van der Waals surface area contributed by atoms with Crippen LogP contribution in [0.15, 0.2) is 30.3 Å². The van der Waals surface area contributed by atoms with Crippen molar-refractivity contribution in [3.05, 3.63) is 35.9 Å². The summed E-state index contributed by atoms with van der Waals surface area (Å²) in [5, 5.41) is -0.0947. The predicted molar refractivity (Wildman–Crippen MR) is 66.8 cm³/mol. The van der Waals surface area contributed by atoms with Crippen molar-refractivity contribution in [3.8, 4) is 0 Å². The number of rotatable bonds is 3. The number of Topliss-reactive ketones (excluding diaryl/α,β-unsaturated/α-hetero) is 1. The molecule has 0 bridgehead atoms. The molecule has 1 fully saturated rings. The molecule has 17 heavy (non-hydrogen) atoms. The summed E-state index contributed by atoms with van der Waals surface area (Å²) >= 11 is 1.52. The Balaban J connectivity index is 2.22. The van der Waals surface area contributed by atoms with Crippen LogP contribution in [0.25, 0.3) is 0 Å². The Kier molecular flexibility index (Phi) is 3.84. The van der Waals surface area contributed by atoms with E-state index in [0.29, 0.717) is 12.4 Å². The standard InChI is InChI=1S/C13H14O3S/c1-2-16-13(15)11-10(14)8-17-12(11)9-6-4-3-5-7-9/h3-7,11-12H,2,8H2,1H3. The van der Waals surface area contributed by atoms with Crippen molar-refractivity contribution in [2.75, 3.05) is 12.4 Å². The molecule has 3 nitrogen and oxygen atoms in total. The average molecular weight is 250 g/mol. The molecule has 0 N–H and O–H groups in total. The van der Waals surface area contributed by atoms with Gasteiger partial charge in [-0.2, -0.15) is 0 Å². The molecule has 2 atom stereocenters. The van der Waals surface area contributed by atoms with Crippen molar-refractivity contribution < 1.29 is 14.3 Å². The number of carbonyl (C=O) groups excluding carboxylic acids is 2. The molecule has 0 radical (unpaired) electrons. The highest BCUT2D eigenvalue weighted by Gasteiger charge is 2.42. The summed E-state index contributed by atoms with van der Waals surface area (Å²) in [6, 6.07) is 9.65. The third kappa shape index (κ3) is 2.52. The van der Waals surface area contributed by atoms with Crippen molar-refractivity contribution in [1.29, 1.82) is 0 Å². The number of thioether (sulfide) groups is 1. The van der Waals surface area contributed by atoms with Crippen LogP contribution in [0.2, 0.25) is 0 Å². The van der Waals surface area contributed by atoms with E-state index in [0.717, 1.165) is 5.56 Å². The molecule has 0 aromatic heterocycles. The number of ketones is 1. The molecule has 1 heterocycles. The van der Waals surface area contributed by atoms with Crippen molar-refractivity contribution in [1.82, 2.24) is 0 Å². The quantitative estimate of drug-likeness (QED) is 0.609. The SMILES string of the molecule is CCOC(=O)C1C(=O)CSC1c1ccccc1. The lowest BCUT2D eigenvalue weighted by Crippen LogP contribution is -2.26. The summed E-state index contributed by atoms with van der Waals surface area (Å²) in [6.07, 6.45) is 0. The molecule has 2 unspecified atom stereocenters. The number of hydrogen-bond acceptors (Lipinski definition) is 4. The van der Waals surface area contributed by atoms with Gasteiger partial charge < -0.3 is 4.74 Å². The van der Waals surface area contributed by atoms with Gasteiger partial charge in [-0.25, -0.2) is 0 Å². The molecule has 1 aliphatic rings. The zero-order valence-electron chi connectivity index (χ0n) is 9.59. The Morgan fingerprint density at radius 1 is 1.41 bits per heavy atom. The molecule has 2 rings (SSSR count). The van der Waals surface area contributed by atoms with Gasteiger partial charge >= 0.3 is 5.97 Å². The molecule has 1 saturated heterocycles. The lowest BCUT2D eigenvalue weighted by atomic mass is 9.96. The first kappa shape index (κ1) is 12.2. The Morgan fingerprint density at radius 3 is 2.76 bits per heavy atom. The summed E-state index contributed by atoms with van der Waals surface area (Å²) in [5.41, 5.74) is 1.02. The molecule has 4 heteroatoms. The second-order valence-electron chi connectivity index (χ2n) is 3.84. The molecular formula is C13H14O3S. The first-order chi connectivity index (χ1) is 8.24. The van der Waals surface area contributed by atoms with E-state index in [4.69, 9.17) is 4.74 Å². The zero-order chi connectivity index (χ0) is 12.3. The van der Waals surface area contributed by atoms with Crippen LogP contribution < -0.4 is 0 Å². The highest BCUT2D eigenvalue weighted by atomic mass is 32.2. The van der Waals surface area contributed by atoms with Crippen molar-refractivity contribution in [2.24, 2.45) is 5.92 Å². The number of ether oxygens (including phenoxy) is 1. The van der Waals surface area contributed by atoms with Crippen molar-refractivity contribution in [2.45, 2.75) is 12.2 Å². The molecule has 0 spiro atoms. The fourth-order valence-electron chi connectivity index (χ4n) is 1.95. The van der Waals surface area contributed by atoms with Crippen LogP contribution in [0.4, 0.5) is 0 Å². The fraction of sp³-hybridized carbons (Fsp3) is 0.385. The van der Waals surface area contributed by atoms with E-state index in [1.165, 1.54) is 11.8 Å². The monoisotopic (exact) mass is 250 g/mol. The third-order valence-corrected chi connectivity index (χ3v) is 4.08. The summed E-state index contributed by atoms with van der Waals surface area (Å²) in [5.74, 6) is -0.663. The molecule has 0 amide bonds. The summed E-state index contributed by atoms with van der Waals surface area (Å²) in [6.45, 7) is 2.07. The predicted octanol–water partition coefficient (Wildman–Crippen LogP) is 2.22. The summed E-state index contributed by atoms with van der Waals surface area (Å²) in [7, 11) is 0. The van der Waals surface area contributed by atoms with E-state index >= 15 is 0 Å². The third-order valence-electron chi connectivity index (χ3n) is 2.72. The molecule has 1 aromatic carbocycles. The van der Waals surface area contributed by atoms with Gasteiger partial charge in [0.25, 0.3) is 0 Å². The molecular weight excluding hydrogens is 236 g/mol. The minimum absolute atomic E-state index is 0.0256. The Bertz CT molecular complexity index is 416. The highest BCUT2D eigenvalue weighted by molar-refractivity contribution is 8.00. The highest BCUT2D eigenvalue weighted by Crippen LogP contribution is 2.43. The maximum Gasteiger partial charge on any atom is 0.317 e. The topological polar surface area (TPSA) is 43.4 Å². The smallest absolute Gasteiger partial charge is 0.317 e. The number of benzene rings is 1. The molecule has 90 valence electrons. The normalized spacial score (nSPS) is 23.7. The van der Waals surface area contributed by atoms with Gasteiger partial charge in [-0.05, 0) is 12.5 Å². The van der Waals surface area contributed by atoms with E-state index < -0.39 is 11.9 Å². The van der Waals surface area contributed by atoms with E-state index in [1.54, 1.807) is 6.92 Å². The van der Waals surface area contributed by atoms with Crippen molar-refractivity contribution in [3.63, 3.8) is 0 Å². The Morgan fingerprint density at radius 2 is 2.12 bits per heavy atom. The Hall–Kier alpha value is -1.29. The molecule has 0 aliphatic carbocycles. The lowest BCUT2D eigenvalue weighted by Gasteiger charge is -2.16. The first-order valence-electron chi connectivity index (χ1n) is 5.60. The maximum atomic E-state index is 11.8. The van der Waals surface area contributed by atoms with Gasteiger partial charge in [-0.15, -0.1) is 11.8 Å². The second kappa shape index (κ2) is 5.36. The first-order valence-corrected chi connectivity index (χ1v) is 6.64. The number of carbonyl (C=O) groups is 2. The summed E-state index contributed by atoms with van der Waals surface area (Å²) in [4.78, 5) is 23.5. The van der Waals surface area contributed by atoms with Crippen LogP contribution in [0.5, 0.6) is 0 Å². The van der Waals surface area contributed by atoms with Crippen LogP contribution >= 0.6 is 11.8 Å². The van der Waals surface area contributed by atoms with Crippen LogP contribution in [0, 0.1) is 5.92 Å². The Labute approximate surface area is 105 Å². The lowest BCUT2D eigenvalue weighted by molar-refractivity contribution is -0.150. The maximum absolute atomic E-state index is 11.8.